The number of piperazine rings is 1. The number of amides is 1. The molecule has 1 aromatic carbocycles. The van der Waals surface area contributed by atoms with Crippen LogP contribution >= 0.6 is 11.3 Å². The van der Waals surface area contributed by atoms with Gasteiger partial charge >= 0.3 is 0 Å². The molecular weight excluding hydrogens is 384 g/mol. The molecule has 0 bridgehead atoms. The molecule has 0 saturated carbocycles. The molecule has 1 saturated heterocycles. The molecule has 0 spiro atoms. The Morgan fingerprint density at radius 3 is 2.55 bits per heavy atom. The van der Waals surface area contributed by atoms with Crippen LogP contribution in [0.5, 0.6) is 0 Å². The van der Waals surface area contributed by atoms with Gasteiger partial charge in [-0.15, -0.1) is 11.3 Å². The first-order valence-corrected chi connectivity index (χ1v) is 10.4. The van der Waals surface area contributed by atoms with E-state index < -0.39 is 0 Å². The number of aromatic nitrogens is 4. The van der Waals surface area contributed by atoms with Gasteiger partial charge < -0.3 is 9.80 Å². The predicted molar refractivity (Wildman–Crippen MR) is 113 cm³/mol. The molecule has 1 aliphatic rings. The third kappa shape index (κ3) is 3.36. The number of thiophene rings is 1. The minimum atomic E-state index is 0.119. The van der Waals surface area contributed by atoms with Gasteiger partial charge in [-0.05, 0) is 19.1 Å². The zero-order valence-corrected chi connectivity index (χ0v) is 16.8. The summed E-state index contributed by atoms with van der Waals surface area (Å²) in [6, 6.07) is 16.0. The second kappa shape index (κ2) is 7.29. The van der Waals surface area contributed by atoms with E-state index in [9.17, 15) is 4.79 Å². The normalized spacial score (nSPS) is 14.5. The van der Waals surface area contributed by atoms with Gasteiger partial charge in [-0.2, -0.15) is 14.6 Å². The van der Waals surface area contributed by atoms with Gasteiger partial charge in [0.05, 0.1) is 10.6 Å². The number of carbonyl (C=O) groups is 1. The molecular formula is C21H20N6OS. The molecule has 8 heteroatoms. The Hall–Kier alpha value is -3.26. The first kappa shape index (κ1) is 17.8. The summed E-state index contributed by atoms with van der Waals surface area (Å²) in [5.74, 6) is 1.65. The van der Waals surface area contributed by atoms with Crippen molar-refractivity contribution < 1.29 is 4.79 Å². The van der Waals surface area contributed by atoms with Crippen molar-refractivity contribution in [2.75, 3.05) is 31.1 Å². The van der Waals surface area contributed by atoms with Crippen LogP contribution in [0.25, 0.3) is 17.0 Å². The van der Waals surface area contributed by atoms with Crippen LogP contribution in [0.1, 0.15) is 14.5 Å². The van der Waals surface area contributed by atoms with E-state index >= 15 is 0 Å². The number of carbonyl (C=O) groups excluding carboxylic acids is 1. The zero-order chi connectivity index (χ0) is 19.8. The molecule has 1 amide bonds. The fraction of sp³-hybridized carbons (Fsp3) is 0.238. The molecule has 146 valence electrons. The van der Waals surface area contributed by atoms with Crippen LogP contribution in [0.4, 0.5) is 5.82 Å². The highest BCUT2D eigenvalue weighted by molar-refractivity contribution is 7.13. The lowest BCUT2D eigenvalue weighted by atomic mass is 10.1. The highest BCUT2D eigenvalue weighted by Crippen LogP contribution is 2.25. The summed E-state index contributed by atoms with van der Waals surface area (Å²) < 4.78 is 1.77. The summed E-state index contributed by atoms with van der Waals surface area (Å²) in [7, 11) is 0. The Balaban J connectivity index is 1.40. The van der Waals surface area contributed by atoms with Gasteiger partial charge in [0.1, 0.15) is 12.1 Å². The first-order valence-electron chi connectivity index (χ1n) is 9.56. The standard InChI is InChI=1S/C21H20N6OS/c1-15-7-8-18(29-15)20(28)26-11-9-25(10-12-26)19-13-17(16-5-3-2-4-6-16)24-21-22-14-23-27(19)21/h2-8,13-14H,9-12H2,1H3. The van der Waals surface area contributed by atoms with E-state index in [0.717, 1.165) is 39.9 Å². The summed E-state index contributed by atoms with van der Waals surface area (Å²) in [6.45, 7) is 4.85. The number of benzene rings is 1. The third-order valence-corrected chi connectivity index (χ3v) is 6.13. The van der Waals surface area contributed by atoms with Gasteiger partial charge in [0.15, 0.2) is 0 Å². The number of rotatable bonds is 3. The Labute approximate surface area is 172 Å². The van der Waals surface area contributed by atoms with Crippen molar-refractivity contribution in [3.8, 4) is 11.3 Å². The highest BCUT2D eigenvalue weighted by atomic mass is 32.1. The maximum Gasteiger partial charge on any atom is 0.264 e. The van der Waals surface area contributed by atoms with E-state index in [1.807, 2.05) is 54.3 Å². The average Bonchev–Trinajstić information content (AvgIpc) is 3.42. The van der Waals surface area contributed by atoms with Gasteiger partial charge in [0.2, 0.25) is 0 Å². The smallest absolute Gasteiger partial charge is 0.264 e. The minimum absolute atomic E-state index is 0.119. The molecule has 0 N–H and O–H groups in total. The molecule has 4 aromatic rings. The molecule has 5 rings (SSSR count). The van der Waals surface area contributed by atoms with Crippen LogP contribution in [-0.2, 0) is 0 Å². The van der Waals surface area contributed by atoms with Crippen LogP contribution in [0, 0.1) is 6.92 Å². The van der Waals surface area contributed by atoms with E-state index in [2.05, 4.69) is 26.0 Å². The monoisotopic (exact) mass is 404 g/mol. The Bertz CT molecular complexity index is 1160. The highest BCUT2D eigenvalue weighted by Gasteiger charge is 2.25. The molecule has 29 heavy (non-hydrogen) atoms. The number of fused-ring (bicyclic) bond motifs is 1. The average molecular weight is 404 g/mol. The largest absolute Gasteiger partial charge is 0.353 e. The van der Waals surface area contributed by atoms with Crippen molar-refractivity contribution >= 4 is 28.8 Å². The second-order valence-corrected chi connectivity index (χ2v) is 8.31. The van der Waals surface area contributed by atoms with Gasteiger partial charge in [0, 0.05) is 42.7 Å². The first-order chi connectivity index (χ1) is 14.2. The molecule has 4 heterocycles. The van der Waals surface area contributed by atoms with E-state index in [4.69, 9.17) is 0 Å². The SMILES string of the molecule is Cc1ccc(C(=O)N2CCN(c3cc(-c4ccccc4)nc4ncnn34)CC2)s1. The Kier molecular flexibility index (Phi) is 4.48. The molecule has 1 aliphatic heterocycles. The van der Waals surface area contributed by atoms with Gasteiger partial charge in [-0.1, -0.05) is 30.3 Å². The lowest BCUT2D eigenvalue weighted by molar-refractivity contribution is 0.0751. The lowest BCUT2D eigenvalue weighted by Crippen LogP contribution is -2.49. The fourth-order valence-electron chi connectivity index (χ4n) is 3.62. The quantitative estimate of drug-likeness (QED) is 0.525. The zero-order valence-electron chi connectivity index (χ0n) is 16.0. The molecule has 0 unspecified atom stereocenters. The van der Waals surface area contributed by atoms with Crippen molar-refractivity contribution in [3.63, 3.8) is 0 Å². The number of aryl methyl sites for hydroxylation is 1. The van der Waals surface area contributed by atoms with Crippen LogP contribution < -0.4 is 4.90 Å². The molecule has 1 fully saturated rings. The van der Waals surface area contributed by atoms with Crippen molar-refractivity contribution in [2.45, 2.75) is 6.92 Å². The van der Waals surface area contributed by atoms with Crippen LogP contribution in [-0.4, -0.2) is 56.6 Å². The van der Waals surface area contributed by atoms with E-state index in [-0.39, 0.29) is 5.91 Å². The van der Waals surface area contributed by atoms with Crippen LogP contribution in [0.2, 0.25) is 0 Å². The fourth-order valence-corrected chi connectivity index (χ4v) is 4.46. The van der Waals surface area contributed by atoms with Crippen molar-refractivity contribution in [3.05, 3.63) is 64.6 Å². The van der Waals surface area contributed by atoms with Gasteiger partial charge in [-0.25, -0.2) is 4.98 Å². The van der Waals surface area contributed by atoms with Crippen molar-refractivity contribution in [1.82, 2.24) is 24.5 Å². The molecule has 0 atom stereocenters. The van der Waals surface area contributed by atoms with Gasteiger partial charge in [0.25, 0.3) is 11.7 Å². The van der Waals surface area contributed by atoms with Crippen molar-refractivity contribution in [1.29, 1.82) is 0 Å². The molecule has 0 aliphatic carbocycles. The minimum Gasteiger partial charge on any atom is -0.353 e. The number of hydrogen-bond acceptors (Lipinski definition) is 6. The molecule has 7 nitrogen and oxygen atoms in total. The Morgan fingerprint density at radius 2 is 1.83 bits per heavy atom. The molecule has 3 aromatic heterocycles. The third-order valence-electron chi connectivity index (χ3n) is 5.14. The summed E-state index contributed by atoms with van der Waals surface area (Å²) in [6.07, 6.45) is 1.53. The summed E-state index contributed by atoms with van der Waals surface area (Å²) in [4.78, 5) is 27.8. The van der Waals surface area contributed by atoms with E-state index in [0.29, 0.717) is 18.9 Å². The number of hydrogen-bond donors (Lipinski definition) is 0. The Morgan fingerprint density at radius 1 is 1.03 bits per heavy atom. The maximum atomic E-state index is 12.7. The lowest BCUT2D eigenvalue weighted by Gasteiger charge is -2.35. The van der Waals surface area contributed by atoms with Crippen LogP contribution in [0.3, 0.4) is 0 Å². The number of anilines is 1. The van der Waals surface area contributed by atoms with Crippen molar-refractivity contribution in [2.24, 2.45) is 0 Å². The summed E-state index contributed by atoms with van der Waals surface area (Å²) in [5, 5.41) is 4.36. The van der Waals surface area contributed by atoms with E-state index in [1.54, 1.807) is 15.9 Å². The van der Waals surface area contributed by atoms with Crippen LogP contribution in [0.15, 0.2) is 54.9 Å². The predicted octanol–water partition coefficient (Wildman–Crippen LogP) is 3.12. The number of nitrogens with zero attached hydrogens (tertiary/aromatic N) is 6. The topological polar surface area (TPSA) is 66.6 Å². The molecule has 0 radical (unpaired) electrons. The second-order valence-electron chi connectivity index (χ2n) is 7.03. The van der Waals surface area contributed by atoms with Gasteiger partial charge in [-0.3, -0.25) is 4.79 Å². The maximum absolute atomic E-state index is 12.7. The van der Waals surface area contributed by atoms with E-state index in [1.165, 1.54) is 6.33 Å². The summed E-state index contributed by atoms with van der Waals surface area (Å²) in [5.41, 5.74) is 1.91. The summed E-state index contributed by atoms with van der Waals surface area (Å²) >= 11 is 1.55.